The van der Waals surface area contributed by atoms with Crippen LogP contribution < -0.4 is 10.6 Å². The summed E-state index contributed by atoms with van der Waals surface area (Å²) in [5.74, 6) is -0.252. The largest absolute Gasteiger partial charge is 0.453 e. The van der Waals surface area contributed by atoms with Gasteiger partial charge in [-0.25, -0.2) is 4.79 Å². The number of rotatable bonds is 5. The van der Waals surface area contributed by atoms with E-state index in [0.29, 0.717) is 0 Å². The van der Waals surface area contributed by atoms with E-state index in [9.17, 15) is 9.59 Å². The van der Waals surface area contributed by atoms with Crippen LogP contribution in [0.3, 0.4) is 0 Å². The molecule has 2 unspecified atom stereocenters. The van der Waals surface area contributed by atoms with Crippen molar-refractivity contribution < 1.29 is 14.3 Å². The number of amides is 2. The van der Waals surface area contributed by atoms with Crippen molar-refractivity contribution in [2.24, 2.45) is 5.92 Å². The van der Waals surface area contributed by atoms with Gasteiger partial charge in [0.2, 0.25) is 5.91 Å². The van der Waals surface area contributed by atoms with Crippen molar-refractivity contribution in [1.82, 2.24) is 10.6 Å². The number of carbonyl (C=O) groups excluding carboxylic acids is 2. The van der Waals surface area contributed by atoms with Crippen LogP contribution in [-0.2, 0) is 9.53 Å². The number of ether oxygens (including phenoxy) is 1. The third-order valence-electron chi connectivity index (χ3n) is 3.34. The number of benzene rings is 1. The predicted octanol–water partition coefficient (Wildman–Crippen LogP) is 2.55. The molecule has 0 aromatic heterocycles. The number of hydrogen-bond acceptors (Lipinski definition) is 3. The van der Waals surface area contributed by atoms with Gasteiger partial charge in [-0.2, -0.15) is 0 Å². The Morgan fingerprint density at radius 2 is 1.62 bits per heavy atom. The highest BCUT2D eigenvalue weighted by Gasteiger charge is 2.25. The van der Waals surface area contributed by atoms with Crippen LogP contribution in [0.2, 0.25) is 0 Å². The molecule has 0 aliphatic heterocycles. The molecule has 0 aliphatic carbocycles. The highest BCUT2D eigenvalue weighted by molar-refractivity contribution is 5.86. The van der Waals surface area contributed by atoms with Gasteiger partial charge in [-0.1, -0.05) is 43.7 Å². The van der Waals surface area contributed by atoms with Crippen molar-refractivity contribution in [3.63, 3.8) is 0 Å². The van der Waals surface area contributed by atoms with Gasteiger partial charge >= 0.3 is 6.09 Å². The van der Waals surface area contributed by atoms with E-state index in [1.807, 2.05) is 52.0 Å². The van der Waals surface area contributed by atoms with Crippen LogP contribution in [0, 0.1) is 12.8 Å². The molecule has 2 amide bonds. The maximum atomic E-state index is 12.3. The van der Waals surface area contributed by atoms with E-state index < -0.39 is 12.1 Å². The molecule has 116 valence electrons. The van der Waals surface area contributed by atoms with Crippen molar-refractivity contribution in [3.8, 4) is 0 Å². The van der Waals surface area contributed by atoms with Crippen LogP contribution in [0.25, 0.3) is 0 Å². The van der Waals surface area contributed by atoms with Gasteiger partial charge in [0.25, 0.3) is 0 Å². The number of alkyl carbamates (subject to hydrolysis) is 1. The normalized spacial score (nSPS) is 13.4. The second kappa shape index (κ2) is 7.67. The molecule has 1 rings (SSSR count). The molecule has 0 radical (unpaired) electrons. The van der Waals surface area contributed by atoms with Crippen molar-refractivity contribution in [2.75, 3.05) is 7.11 Å². The van der Waals surface area contributed by atoms with Crippen LogP contribution in [0.4, 0.5) is 4.79 Å². The zero-order valence-corrected chi connectivity index (χ0v) is 13.3. The van der Waals surface area contributed by atoms with Crippen molar-refractivity contribution in [1.29, 1.82) is 0 Å². The average Bonchev–Trinajstić information content (AvgIpc) is 2.44. The Labute approximate surface area is 126 Å². The molecule has 1 aromatic carbocycles. The highest BCUT2D eigenvalue weighted by Crippen LogP contribution is 2.14. The molecule has 5 nitrogen and oxygen atoms in total. The molecule has 0 spiro atoms. The van der Waals surface area contributed by atoms with E-state index in [-0.39, 0.29) is 17.9 Å². The minimum absolute atomic E-state index is 0.0330. The molecule has 0 saturated carbocycles. The lowest BCUT2D eigenvalue weighted by atomic mass is 10.0. The Hall–Kier alpha value is -2.04. The van der Waals surface area contributed by atoms with Crippen LogP contribution in [0.15, 0.2) is 24.3 Å². The molecule has 21 heavy (non-hydrogen) atoms. The van der Waals surface area contributed by atoms with Gasteiger partial charge in [0.05, 0.1) is 13.2 Å². The minimum atomic E-state index is -0.620. The third kappa shape index (κ3) is 5.10. The Morgan fingerprint density at radius 3 is 2.10 bits per heavy atom. The number of nitrogens with one attached hydrogen (secondary N) is 2. The molecule has 0 saturated heterocycles. The summed E-state index contributed by atoms with van der Waals surface area (Å²) in [5.41, 5.74) is 2.19. The fourth-order valence-corrected chi connectivity index (χ4v) is 1.96. The maximum absolute atomic E-state index is 12.3. The summed E-state index contributed by atoms with van der Waals surface area (Å²) in [5, 5.41) is 5.48. The number of aryl methyl sites for hydroxylation is 1. The van der Waals surface area contributed by atoms with Gasteiger partial charge in [-0.05, 0) is 25.3 Å². The molecule has 2 atom stereocenters. The third-order valence-corrected chi connectivity index (χ3v) is 3.34. The summed E-state index contributed by atoms with van der Waals surface area (Å²) < 4.78 is 4.55. The smallest absolute Gasteiger partial charge is 0.407 e. The first-order valence-corrected chi connectivity index (χ1v) is 7.06. The van der Waals surface area contributed by atoms with E-state index in [1.54, 1.807) is 0 Å². The van der Waals surface area contributed by atoms with E-state index in [1.165, 1.54) is 12.7 Å². The lowest BCUT2D eigenvalue weighted by Crippen LogP contribution is -2.50. The zero-order chi connectivity index (χ0) is 16.0. The van der Waals surface area contributed by atoms with Gasteiger partial charge in [-0.3, -0.25) is 4.79 Å². The summed E-state index contributed by atoms with van der Waals surface area (Å²) in [6.45, 7) is 7.67. The Kier molecular flexibility index (Phi) is 6.21. The van der Waals surface area contributed by atoms with Gasteiger partial charge in [0.15, 0.2) is 0 Å². The second-order valence-electron chi connectivity index (χ2n) is 5.50. The molecular formula is C16H24N2O3. The summed E-state index contributed by atoms with van der Waals surface area (Å²) in [6.07, 6.45) is -0.605. The van der Waals surface area contributed by atoms with Crippen LogP contribution in [0.5, 0.6) is 0 Å². The number of carbonyl (C=O) groups is 2. The fraction of sp³-hybridized carbons (Fsp3) is 0.500. The second-order valence-corrected chi connectivity index (χ2v) is 5.50. The minimum Gasteiger partial charge on any atom is -0.453 e. The van der Waals surface area contributed by atoms with Crippen LogP contribution >= 0.6 is 0 Å². The number of methoxy groups -OCH3 is 1. The molecule has 1 aromatic rings. The fourth-order valence-electron chi connectivity index (χ4n) is 1.96. The van der Waals surface area contributed by atoms with Gasteiger partial charge < -0.3 is 15.4 Å². The Morgan fingerprint density at radius 1 is 1.05 bits per heavy atom. The lowest BCUT2D eigenvalue weighted by Gasteiger charge is -2.23. The first-order chi connectivity index (χ1) is 9.85. The van der Waals surface area contributed by atoms with Crippen molar-refractivity contribution in [2.45, 2.75) is 39.8 Å². The lowest BCUT2D eigenvalue weighted by molar-refractivity contribution is -0.124. The van der Waals surface area contributed by atoms with Crippen LogP contribution in [0.1, 0.15) is 37.9 Å². The van der Waals surface area contributed by atoms with E-state index in [2.05, 4.69) is 15.4 Å². The van der Waals surface area contributed by atoms with Crippen LogP contribution in [-0.4, -0.2) is 25.2 Å². The monoisotopic (exact) mass is 292 g/mol. The van der Waals surface area contributed by atoms with E-state index in [4.69, 9.17) is 0 Å². The SMILES string of the molecule is COC(=O)NC(C(=O)NC(C)c1ccc(C)cc1)C(C)C. The molecule has 0 heterocycles. The molecular weight excluding hydrogens is 268 g/mol. The zero-order valence-electron chi connectivity index (χ0n) is 13.3. The topological polar surface area (TPSA) is 67.4 Å². The standard InChI is InChI=1S/C16H24N2O3/c1-10(2)14(18-16(20)21-5)15(19)17-12(4)13-8-6-11(3)7-9-13/h6-10,12,14H,1-5H3,(H,17,19)(H,18,20). The van der Waals surface area contributed by atoms with E-state index >= 15 is 0 Å². The molecule has 0 bridgehead atoms. The maximum Gasteiger partial charge on any atom is 0.407 e. The number of hydrogen-bond donors (Lipinski definition) is 2. The quantitative estimate of drug-likeness (QED) is 0.876. The molecule has 5 heteroatoms. The highest BCUT2D eigenvalue weighted by atomic mass is 16.5. The van der Waals surface area contributed by atoms with Crippen molar-refractivity contribution >= 4 is 12.0 Å². The van der Waals surface area contributed by atoms with Gasteiger partial charge in [-0.15, -0.1) is 0 Å². The molecule has 2 N–H and O–H groups in total. The predicted molar refractivity (Wildman–Crippen MR) is 81.9 cm³/mol. The Bertz CT molecular complexity index is 483. The first kappa shape index (κ1) is 17.0. The average molecular weight is 292 g/mol. The summed E-state index contributed by atoms with van der Waals surface area (Å²) in [6, 6.07) is 7.23. The Balaban J connectivity index is 2.72. The first-order valence-electron chi connectivity index (χ1n) is 7.06. The van der Waals surface area contributed by atoms with Crippen molar-refractivity contribution in [3.05, 3.63) is 35.4 Å². The summed E-state index contributed by atoms with van der Waals surface area (Å²) in [7, 11) is 1.28. The van der Waals surface area contributed by atoms with Gasteiger partial charge in [0.1, 0.15) is 6.04 Å². The van der Waals surface area contributed by atoms with Gasteiger partial charge in [0, 0.05) is 0 Å². The summed E-state index contributed by atoms with van der Waals surface area (Å²) >= 11 is 0. The molecule has 0 aliphatic rings. The summed E-state index contributed by atoms with van der Waals surface area (Å²) in [4.78, 5) is 23.6. The molecule has 0 fully saturated rings. The van der Waals surface area contributed by atoms with E-state index in [0.717, 1.165) is 5.56 Å².